The molecule has 4 heteroatoms. The Kier molecular flexibility index (Phi) is 3.14. The molecule has 76 valence electrons. The molecular weight excluding hydrogens is 188 g/mol. The SMILES string of the molecule is C=C1C[C@H](S(=O)(=O)CC)C[C@H]1CO. The van der Waals surface area contributed by atoms with Crippen LogP contribution in [0, 0.1) is 5.92 Å². The summed E-state index contributed by atoms with van der Waals surface area (Å²) in [6.07, 6.45) is 1.08. The molecule has 0 heterocycles. The van der Waals surface area contributed by atoms with E-state index in [2.05, 4.69) is 6.58 Å². The second kappa shape index (κ2) is 3.80. The summed E-state index contributed by atoms with van der Waals surface area (Å²) < 4.78 is 23.0. The van der Waals surface area contributed by atoms with E-state index in [9.17, 15) is 8.42 Å². The van der Waals surface area contributed by atoms with Gasteiger partial charge in [-0.05, 0) is 12.8 Å². The fourth-order valence-corrected chi connectivity index (χ4v) is 3.20. The highest BCUT2D eigenvalue weighted by molar-refractivity contribution is 7.92. The summed E-state index contributed by atoms with van der Waals surface area (Å²) in [7, 11) is -2.95. The van der Waals surface area contributed by atoms with Crippen LogP contribution in [0.15, 0.2) is 12.2 Å². The Bertz CT molecular complexity index is 292. The fourth-order valence-electron chi connectivity index (χ4n) is 1.74. The maximum Gasteiger partial charge on any atom is 0.153 e. The smallest absolute Gasteiger partial charge is 0.153 e. The zero-order valence-corrected chi connectivity index (χ0v) is 8.68. The molecule has 0 aromatic rings. The Hall–Kier alpha value is -0.350. The van der Waals surface area contributed by atoms with Crippen LogP contribution in [0.1, 0.15) is 19.8 Å². The molecule has 0 saturated heterocycles. The highest BCUT2D eigenvalue weighted by Gasteiger charge is 2.34. The van der Waals surface area contributed by atoms with Crippen LogP contribution >= 0.6 is 0 Å². The zero-order valence-electron chi connectivity index (χ0n) is 7.86. The Morgan fingerprint density at radius 2 is 2.23 bits per heavy atom. The van der Waals surface area contributed by atoms with Gasteiger partial charge in [0.25, 0.3) is 0 Å². The zero-order chi connectivity index (χ0) is 10.1. The molecule has 0 aromatic heterocycles. The van der Waals surface area contributed by atoms with Crippen molar-refractivity contribution in [2.75, 3.05) is 12.4 Å². The van der Waals surface area contributed by atoms with Gasteiger partial charge in [0.1, 0.15) is 0 Å². The average molecular weight is 204 g/mol. The third-order valence-electron chi connectivity index (χ3n) is 2.75. The van der Waals surface area contributed by atoms with Crippen molar-refractivity contribution in [2.24, 2.45) is 5.92 Å². The van der Waals surface area contributed by atoms with E-state index in [0.29, 0.717) is 12.8 Å². The quantitative estimate of drug-likeness (QED) is 0.690. The molecule has 0 unspecified atom stereocenters. The van der Waals surface area contributed by atoms with Gasteiger partial charge < -0.3 is 5.11 Å². The highest BCUT2D eigenvalue weighted by Crippen LogP contribution is 2.34. The molecule has 2 atom stereocenters. The summed E-state index contributed by atoms with van der Waals surface area (Å²) in [5.74, 6) is 0.176. The van der Waals surface area contributed by atoms with Gasteiger partial charge in [-0.1, -0.05) is 19.1 Å². The second-order valence-corrected chi connectivity index (χ2v) is 6.12. The van der Waals surface area contributed by atoms with Gasteiger partial charge in [-0.2, -0.15) is 0 Å². The number of aliphatic hydroxyl groups excluding tert-OH is 1. The second-order valence-electron chi connectivity index (χ2n) is 3.55. The molecule has 1 N–H and O–H groups in total. The maximum atomic E-state index is 11.5. The van der Waals surface area contributed by atoms with Crippen molar-refractivity contribution in [3.63, 3.8) is 0 Å². The number of hydrogen-bond acceptors (Lipinski definition) is 3. The van der Waals surface area contributed by atoms with Crippen LogP contribution in [0.25, 0.3) is 0 Å². The molecule has 13 heavy (non-hydrogen) atoms. The lowest BCUT2D eigenvalue weighted by molar-refractivity contribution is 0.249. The van der Waals surface area contributed by atoms with E-state index >= 15 is 0 Å². The van der Waals surface area contributed by atoms with Crippen molar-refractivity contribution >= 4 is 9.84 Å². The molecule has 0 spiro atoms. The molecule has 1 fully saturated rings. The first-order chi connectivity index (χ1) is 6.01. The lowest BCUT2D eigenvalue weighted by Crippen LogP contribution is -2.20. The topological polar surface area (TPSA) is 54.4 Å². The van der Waals surface area contributed by atoms with Crippen LogP contribution in [-0.2, 0) is 9.84 Å². The molecule has 1 rings (SSSR count). The molecular formula is C9H16O3S. The van der Waals surface area contributed by atoms with Gasteiger partial charge in [0, 0.05) is 18.3 Å². The van der Waals surface area contributed by atoms with Gasteiger partial charge in [0.15, 0.2) is 9.84 Å². The van der Waals surface area contributed by atoms with Gasteiger partial charge in [0.2, 0.25) is 0 Å². The fraction of sp³-hybridized carbons (Fsp3) is 0.778. The number of rotatable bonds is 3. The Labute approximate surface area is 79.4 Å². The number of hydrogen-bond donors (Lipinski definition) is 1. The monoisotopic (exact) mass is 204 g/mol. The molecule has 0 aliphatic heterocycles. The molecule has 1 saturated carbocycles. The van der Waals surface area contributed by atoms with Gasteiger partial charge in [-0.3, -0.25) is 0 Å². The Balaban J connectivity index is 2.74. The van der Waals surface area contributed by atoms with Crippen molar-refractivity contribution in [3.8, 4) is 0 Å². The van der Waals surface area contributed by atoms with Gasteiger partial charge in [-0.25, -0.2) is 8.42 Å². The normalized spacial score (nSPS) is 29.5. The van der Waals surface area contributed by atoms with E-state index < -0.39 is 9.84 Å². The summed E-state index contributed by atoms with van der Waals surface area (Å²) in [5.41, 5.74) is 0.879. The molecule has 0 radical (unpaired) electrons. The first-order valence-corrected chi connectivity index (χ1v) is 6.23. The standard InChI is InChI=1S/C9H16O3S/c1-3-13(11,12)9-4-7(2)8(5-9)6-10/h8-10H,2-6H2,1H3/t8-,9-/m0/s1. The van der Waals surface area contributed by atoms with Gasteiger partial charge >= 0.3 is 0 Å². The van der Waals surface area contributed by atoms with Crippen LogP contribution in [0.4, 0.5) is 0 Å². The minimum absolute atomic E-state index is 0.00803. The minimum atomic E-state index is -2.95. The Morgan fingerprint density at radius 3 is 2.62 bits per heavy atom. The lowest BCUT2D eigenvalue weighted by Gasteiger charge is -2.08. The molecule has 1 aliphatic rings. The summed E-state index contributed by atoms with van der Waals surface area (Å²) in [6.45, 7) is 5.46. The molecule has 3 nitrogen and oxygen atoms in total. The first-order valence-electron chi connectivity index (χ1n) is 4.51. The predicted octanol–water partition coefficient (Wildman–Crippen LogP) is 0.748. The van der Waals surface area contributed by atoms with E-state index in [1.807, 2.05) is 0 Å². The van der Waals surface area contributed by atoms with Crippen LogP contribution in [0.3, 0.4) is 0 Å². The third kappa shape index (κ3) is 2.11. The number of sulfone groups is 1. The third-order valence-corrected chi connectivity index (χ3v) is 4.92. The van der Waals surface area contributed by atoms with E-state index in [-0.39, 0.29) is 23.5 Å². The molecule has 0 bridgehead atoms. The summed E-state index contributed by atoms with van der Waals surface area (Å²) >= 11 is 0. The van der Waals surface area contributed by atoms with Crippen LogP contribution in [0.5, 0.6) is 0 Å². The van der Waals surface area contributed by atoms with Crippen molar-refractivity contribution in [3.05, 3.63) is 12.2 Å². The van der Waals surface area contributed by atoms with Crippen molar-refractivity contribution < 1.29 is 13.5 Å². The molecule has 0 amide bonds. The summed E-state index contributed by atoms with van der Waals surface area (Å²) in [5, 5.41) is 8.63. The summed E-state index contributed by atoms with van der Waals surface area (Å²) in [4.78, 5) is 0. The minimum Gasteiger partial charge on any atom is -0.396 e. The van der Waals surface area contributed by atoms with Crippen molar-refractivity contribution in [1.82, 2.24) is 0 Å². The molecule has 1 aliphatic carbocycles. The van der Waals surface area contributed by atoms with Crippen LogP contribution in [-0.4, -0.2) is 31.1 Å². The van der Waals surface area contributed by atoms with Gasteiger partial charge in [-0.15, -0.1) is 0 Å². The lowest BCUT2D eigenvalue weighted by atomic mass is 10.1. The van der Waals surface area contributed by atoms with E-state index in [1.54, 1.807) is 6.92 Å². The van der Waals surface area contributed by atoms with E-state index in [1.165, 1.54) is 0 Å². The van der Waals surface area contributed by atoms with Crippen LogP contribution in [0.2, 0.25) is 0 Å². The molecule has 0 aromatic carbocycles. The van der Waals surface area contributed by atoms with Gasteiger partial charge in [0.05, 0.1) is 5.25 Å². The largest absolute Gasteiger partial charge is 0.396 e. The summed E-state index contributed by atoms with van der Waals surface area (Å²) in [6, 6.07) is 0. The average Bonchev–Trinajstić information content (AvgIpc) is 2.47. The Morgan fingerprint density at radius 1 is 1.62 bits per heavy atom. The van der Waals surface area contributed by atoms with Crippen molar-refractivity contribution in [1.29, 1.82) is 0 Å². The van der Waals surface area contributed by atoms with E-state index in [4.69, 9.17) is 5.11 Å². The predicted molar refractivity (Wildman–Crippen MR) is 52.2 cm³/mol. The number of aliphatic hydroxyl groups is 1. The van der Waals surface area contributed by atoms with Crippen molar-refractivity contribution in [2.45, 2.75) is 25.0 Å². The van der Waals surface area contributed by atoms with Crippen LogP contribution < -0.4 is 0 Å². The maximum absolute atomic E-state index is 11.5. The van der Waals surface area contributed by atoms with E-state index in [0.717, 1.165) is 5.57 Å². The first kappa shape index (κ1) is 10.7. The highest BCUT2D eigenvalue weighted by atomic mass is 32.2.